The monoisotopic (exact) mass is 387 g/mol. The number of hydrogen-bond donors (Lipinski definition) is 2. The molecule has 27 heavy (non-hydrogen) atoms. The summed E-state index contributed by atoms with van der Waals surface area (Å²) in [6.45, 7) is 0.752. The molecule has 0 atom stereocenters. The minimum Gasteiger partial charge on any atom is -0.385 e. The number of rotatable bonds is 6. The Labute approximate surface area is 161 Å². The van der Waals surface area contributed by atoms with Crippen LogP contribution in [0.5, 0.6) is 0 Å². The van der Waals surface area contributed by atoms with E-state index in [1.807, 2.05) is 0 Å². The van der Waals surface area contributed by atoms with Crippen LogP contribution < -0.4 is 10.6 Å². The second-order valence-electron chi connectivity index (χ2n) is 5.96. The van der Waals surface area contributed by atoms with Gasteiger partial charge in [-0.3, -0.25) is 14.5 Å². The van der Waals surface area contributed by atoms with Crippen LogP contribution in [0.1, 0.15) is 27.1 Å². The zero-order chi connectivity index (χ0) is 19.4. The van der Waals surface area contributed by atoms with Crippen LogP contribution in [0.4, 0.5) is 16.2 Å². The Morgan fingerprint density at radius 2 is 1.74 bits per heavy atom. The smallest absolute Gasteiger partial charge is 0.323 e. The molecule has 1 heterocycles. The second-order valence-corrected chi connectivity index (χ2v) is 6.39. The lowest BCUT2D eigenvalue weighted by atomic mass is 10.1. The summed E-state index contributed by atoms with van der Waals surface area (Å²) in [7, 11) is 1.56. The summed E-state index contributed by atoms with van der Waals surface area (Å²) >= 11 is 5.89. The molecule has 0 saturated heterocycles. The topological polar surface area (TPSA) is 87.7 Å². The number of benzene rings is 2. The number of nitrogens with zero attached hydrogens (tertiary/aromatic N) is 1. The summed E-state index contributed by atoms with van der Waals surface area (Å²) in [5.41, 5.74) is 1.56. The molecule has 0 spiro atoms. The van der Waals surface area contributed by atoms with Gasteiger partial charge in [-0.15, -0.1) is 0 Å². The zero-order valence-electron chi connectivity index (χ0n) is 14.6. The molecule has 0 aliphatic carbocycles. The van der Waals surface area contributed by atoms with Crippen molar-refractivity contribution in [1.29, 1.82) is 0 Å². The molecule has 7 nitrogen and oxygen atoms in total. The van der Waals surface area contributed by atoms with Gasteiger partial charge in [0.1, 0.15) is 0 Å². The van der Waals surface area contributed by atoms with Crippen LogP contribution in [0.2, 0.25) is 5.02 Å². The van der Waals surface area contributed by atoms with Crippen LogP contribution in [-0.2, 0) is 4.74 Å². The number of methoxy groups -OCH3 is 1. The maximum absolute atomic E-state index is 12.5. The minimum atomic E-state index is -0.481. The van der Waals surface area contributed by atoms with Gasteiger partial charge in [0.05, 0.1) is 11.1 Å². The van der Waals surface area contributed by atoms with Crippen molar-refractivity contribution in [2.24, 2.45) is 0 Å². The molecule has 3 rings (SSSR count). The van der Waals surface area contributed by atoms with Gasteiger partial charge in [0, 0.05) is 36.7 Å². The molecule has 2 N–H and O–H groups in total. The van der Waals surface area contributed by atoms with Crippen molar-refractivity contribution in [2.75, 3.05) is 30.9 Å². The quantitative estimate of drug-likeness (QED) is 0.585. The first-order valence-corrected chi connectivity index (χ1v) is 8.70. The summed E-state index contributed by atoms with van der Waals surface area (Å²) < 4.78 is 4.96. The number of anilines is 2. The van der Waals surface area contributed by atoms with Gasteiger partial charge >= 0.3 is 6.03 Å². The van der Waals surface area contributed by atoms with Gasteiger partial charge in [0.25, 0.3) is 11.8 Å². The molecule has 0 saturated carbocycles. The highest BCUT2D eigenvalue weighted by molar-refractivity contribution is 6.31. The predicted octanol–water partition coefficient (Wildman–Crippen LogP) is 3.62. The summed E-state index contributed by atoms with van der Waals surface area (Å²) in [4.78, 5) is 38.2. The molecule has 8 heteroatoms. The Morgan fingerprint density at radius 3 is 2.44 bits per heavy atom. The van der Waals surface area contributed by atoms with Crippen molar-refractivity contribution in [3.8, 4) is 0 Å². The lowest BCUT2D eigenvalue weighted by Gasteiger charge is -2.12. The number of halogens is 1. The molecule has 1 aliphatic rings. The molecule has 1 aliphatic heterocycles. The number of fused-ring (bicyclic) bond motifs is 1. The van der Waals surface area contributed by atoms with Crippen LogP contribution in [0.25, 0.3) is 0 Å². The summed E-state index contributed by atoms with van der Waals surface area (Å²) in [5, 5.41) is 5.80. The normalized spacial score (nSPS) is 12.9. The fourth-order valence-electron chi connectivity index (χ4n) is 2.80. The maximum Gasteiger partial charge on any atom is 0.323 e. The van der Waals surface area contributed by atoms with Crippen LogP contribution in [0.3, 0.4) is 0 Å². The predicted molar refractivity (Wildman–Crippen MR) is 102 cm³/mol. The number of nitrogens with one attached hydrogen (secondary N) is 2. The van der Waals surface area contributed by atoms with E-state index in [2.05, 4.69) is 10.6 Å². The Morgan fingerprint density at radius 1 is 1.04 bits per heavy atom. The Kier molecular flexibility index (Phi) is 5.73. The first-order valence-electron chi connectivity index (χ1n) is 8.32. The number of carbonyl (C=O) groups excluding carboxylic acids is 3. The summed E-state index contributed by atoms with van der Waals surface area (Å²) in [5.74, 6) is -0.703. The average molecular weight is 388 g/mol. The Hall–Kier alpha value is -2.90. The number of amides is 4. The van der Waals surface area contributed by atoms with Gasteiger partial charge < -0.3 is 15.4 Å². The number of imide groups is 1. The number of carbonyl (C=O) groups is 3. The third-order valence-corrected chi connectivity index (χ3v) is 4.28. The van der Waals surface area contributed by atoms with E-state index < -0.39 is 6.03 Å². The molecule has 0 aromatic heterocycles. The molecule has 0 fully saturated rings. The molecule has 0 radical (unpaired) electrons. The molecular formula is C19H18ClN3O4. The van der Waals surface area contributed by atoms with Gasteiger partial charge in [-0.25, -0.2) is 4.79 Å². The van der Waals surface area contributed by atoms with Gasteiger partial charge in [-0.05, 0) is 42.8 Å². The Balaban J connectivity index is 1.69. The highest BCUT2D eigenvalue weighted by Crippen LogP contribution is 2.26. The molecule has 0 unspecified atom stereocenters. The lowest BCUT2D eigenvalue weighted by Crippen LogP contribution is -2.31. The number of urea groups is 1. The van der Waals surface area contributed by atoms with Crippen molar-refractivity contribution in [3.63, 3.8) is 0 Å². The van der Waals surface area contributed by atoms with Crippen LogP contribution in [-0.4, -0.2) is 43.0 Å². The fraction of sp³-hybridized carbons (Fsp3) is 0.211. The fourth-order valence-corrected chi connectivity index (χ4v) is 2.99. The molecule has 140 valence electrons. The van der Waals surface area contributed by atoms with E-state index in [1.54, 1.807) is 43.5 Å². The van der Waals surface area contributed by atoms with E-state index >= 15 is 0 Å². The van der Waals surface area contributed by atoms with Gasteiger partial charge in [0.15, 0.2) is 0 Å². The van der Waals surface area contributed by atoms with E-state index in [9.17, 15) is 14.4 Å². The summed E-state index contributed by atoms with van der Waals surface area (Å²) in [6.07, 6.45) is 0.565. The second kappa shape index (κ2) is 8.20. The van der Waals surface area contributed by atoms with Crippen LogP contribution >= 0.6 is 11.6 Å². The first-order chi connectivity index (χ1) is 13.0. The van der Waals surface area contributed by atoms with Gasteiger partial charge in [-0.1, -0.05) is 17.7 Å². The zero-order valence-corrected chi connectivity index (χ0v) is 15.4. The van der Waals surface area contributed by atoms with E-state index in [1.165, 1.54) is 11.0 Å². The van der Waals surface area contributed by atoms with E-state index in [0.717, 1.165) is 0 Å². The molecule has 0 bridgehead atoms. The third-order valence-electron chi connectivity index (χ3n) is 4.04. The molecule has 4 amide bonds. The standard InChI is InChI=1S/C19H18ClN3O4/c1-27-9-3-8-23-17(24)15-7-6-14(11-16(15)18(23)25)22-19(26)21-13-5-2-4-12(20)10-13/h2,4-7,10-11H,3,8-9H2,1H3,(H2,21,22,26). The average Bonchev–Trinajstić information content (AvgIpc) is 2.86. The van der Waals surface area contributed by atoms with Crippen LogP contribution in [0, 0.1) is 0 Å². The van der Waals surface area contributed by atoms with Crippen molar-refractivity contribution < 1.29 is 19.1 Å². The Bertz CT molecular complexity index is 900. The first kappa shape index (κ1) is 18.9. The minimum absolute atomic E-state index is 0.276. The van der Waals surface area contributed by atoms with Crippen LogP contribution in [0.15, 0.2) is 42.5 Å². The van der Waals surface area contributed by atoms with Crippen molar-refractivity contribution in [3.05, 3.63) is 58.6 Å². The van der Waals surface area contributed by atoms with E-state index in [-0.39, 0.29) is 23.9 Å². The van der Waals surface area contributed by atoms with Crippen molar-refractivity contribution in [1.82, 2.24) is 4.90 Å². The molecule has 2 aromatic rings. The number of hydrogen-bond acceptors (Lipinski definition) is 4. The van der Waals surface area contributed by atoms with Gasteiger partial charge in [0.2, 0.25) is 0 Å². The van der Waals surface area contributed by atoms with Crippen molar-refractivity contribution in [2.45, 2.75) is 6.42 Å². The SMILES string of the molecule is COCCCN1C(=O)c2ccc(NC(=O)Nc3cccc(Cl)c3)cc2C1=O. The molecular weight excluding hydrogens is 370 g/mol. The van der Waals surface area contributed by atoms with Gasteiger partial charge in [-0.2, -0.15) is 0 Å². The van der Waals surface area contributed by atoms with Crippen molar-refractivity contribution >= 4 is 40.8 Å². The van der Waals surface area contributed by atoms with E-state index in [0.29, 0.717) is 35.0 Å². The van der Waals surface area contributed by atoms with E-state index in [4.69, 9.17) is 16.3 Å². The summed E-state index contributed by atoms with van der Waals surface area (Å²) in [6, 6.07) is 10.9. The highest BCUT2D eigenvalue weighted by Gasteiger charge is 2.35. The largest absolute Gasteiger partial charge is 0.385 e. The molecule has 2 aromatic carbocycles. The number of ether oxygens (including phenoxy) is 1. The lowest BCUT2D eigenvalue weighted by molar-refractivity contribution is 0.0638. The third kappa shape index (κ3) is 4.27. The highest BCUT2D eigenvalue weighted by atomic mass is 35.5. The maximum atomic E-state index is 12.5.